The Morgan fingerprint density at radius 3 is 1.16 bits per heavy atom. The molecule has 0 spiro atoms. The van der Waals surface area contributed by atoms with E-state index >= 15 is 0 Å². The van der Waals surface area contributed by atoms with Crippen molar-refractivity contribution in [2.75, 3.05) is 0 Å². The summed E-state index contributed by atoms with van der Waals surface area (Å²) in [5.74, 6) is 2.58. The van der Waals surface area contributed by atoms with Gasteiger partial charge in [0.25, 0.3) is 0 Å². The summed E-state index contributed by atoms with van der Waals surface area (Å²) in [6.07, 6.45) is 0. The number of fused-ring (bicyclic) bond motifs is 25. The molecule has 0 fully saturated rings. The lowest BCUT2D eigenvalue weighted by Gasteiger charge is -2.15. The van der Waals surface area contributed by atoms with Crippen LogP contribution in [0.5, 0.6) is 0 Å². The molecule has 0 aliphatic rings. The standard InChI is InChI=1S/C45H27N3O.C40H24N2O.C38H22N2O/c1-3-14-29(15-4-1)43-46-44(30-16-5-2-6-17-30)48-45(47-43)36-26-25-34(32-19-9-10-20-33(32)36)38-27-40-42(37-21-11-12-22-39(37)49-40)41-31-18-8-7-13-28(31)23-24-35(38)41;1-2-11-25(12-3-1)27-14-10-15-29(23-27)38-31-17-6-8-19-34(31)41-40(42-38)33-24-28-22-21-26-13-4-5-16-30(26)36(28)37-32-18-7-9-20-35(32)43-39(33)37;1-2-11-25-21-26(18-17-23(25)9-1)37-38(40-32-15-7-6-14-31(32)39-37)30-22-34-36(29-13-5-8-16-33(29)41-34)35-27-12-4-3-10-24(27)19-20-28(30)35/h1-27H;1-24H;1-22H. The molecule has 0 aliphatic carbocycles. The molecule has 0 radical (unpaired) electrons. The Morgan fingerprint density at radius 2 is 0.549 bits per heavy atom. The largest absolute Gasteiger partial charge is 0.456 e. The Balaban J connectivity index is 0.000000105. The smallest absolute Gasteiger partial charge is 0.164 e. The van der Waals surface area contributed by atoms with Gasteiger partial charge in [0.2, 0.25) is 0 Å². The van der Waals surface area contributed by atoms with E-state index in [1.807, 2.05) is 127 Å². The number of furan rings is 3. The fourth-order valence-corrected chi connectivity index (χ4v) is 20.1. The van der Waals surface area contributed by atoms with Crippen LogP contribution in [0.15, 0.2) is 456 Å². The highest BCUT2D eigenvalue weighted by Crippen LogP contribution is 2.50. The summed E-state index contributed by atoms with van der Waals surface area (Å²) in [5, 5.41) is 26.6. The third kappa shape index (κ3) is 13.1. The van der Waals surface area contributed by atoms with E-state index in [0.29, 0.717) is 23.3 Å². The minimum atomic E-state index is 0.638. The molecule has 10 heteroatoms. The highest BCUT2D eigenvalue weighted by atomic mass is 16.3. The molecule has 0 bridgehead atoms. The van der Waals surface area contributed by atoms with Crippen molar-refractivity contribution in [2.24, 2.45) is 0 Å². The average molecular weight is 1700 g/mol. The van der Waals surface area contributed by atoms with Gasteiger partial charge in [-0.3, -0.25) is 0 Å². The van der Waals surface area contributed by atoms with Crippen molar-refractivity contribution in [3.05, 3.63) is 443 Å². The van der Waals surface area contributed by atoms with E-state index in [2.05, 4.69) is 315 Å². The first kappa shape index (κ1) is 76.3. The predicted octanol–water partition coefficient (Wildman–Crippen LogP) is 33.1. The van der Waals surface area contributed by atoms with Crippen molar-refractivity contribution in [1.29, 1.82) is 0 Å². The lowest BCUT2D eigenvalue weighted by molar-refractivity contribution is 0.669. The van der Waals surface area contributed by atoms with E-state index in [1.54, 1.807) is 0 Å². The van der Waals surface area contributed by atoms with Crippen molar-refractivity contribution in [2.45, 2.75) is 0 Å². The highest BCUT2D eigenvalue weighted by molar-refractivity contribution is 6.33. The minimum absolute atomic E-state index is 0.638. The van der Waals surface area contributed by atoms with Gasteiger partial charge in [-0.2, -0.15) is 0 Å². The summed E-state index contributed by atoms with van der Waals surface area (Å²) in [6.45, 7) is 0. The topological polar surface area (TPSA) is 130 Å². The second-order valence-electron chi connectivity index (χ2n) is 33.9. The molecule has 22 aromatic carbocycles. The number of para-hydroxylation sites is 6. The number of aromatic nitrogens is 7. The number of hydrogen-bond acceptors (Lipinski definition) is 10. The van der Waals surface area contributed by atoms with Gasteiger partial charge in [-0.25, -0.2) is 34.9 Å². The Hall–Kier alpha value is -18.0. The molecule has 28 aromatic rings. The van der Waals surface area contributed by atoms with Gasteiger partial charge < -0.3 is 13.3 Å². The fraction of sp³-hybridized carbons (Fsp3) is 0. The number of hydrogen-bond donors (Lipinski definition) is 0. The summed E-state index contributed by atoms with van der Waals surface area (Å²) in [6, 6.07) is 154. The first-order chi connectivity index (χ1) is 65.9. The summed E-state index contributed by atoms with van der Waals surface area (Å²) in [4.78, 5) is 36.0. The van der Waals surface area contributed by atoms with Crippen LogP contribution in [0.2, 0.25) is 0 Å². The molecule has 133 heavy (non-hydrogen) atoms. The molecular formula is C123H73N7O3. The fourth-order valence-electron chi connectivity index (χ4n) is 20.1. The first-order valence-corrected chi connectivity index (χ1v) is 44.8. The normalized spacial score (nSPS) is 11.8. The van der Waals surface area contributed by atoms with Gasteiger partial charge in [0.15, 0.2) is 23.3 Å². The van der Waals surface area contributed by atoms with Crippen molar-refractivity contribution in [3.8, 4) is 102 Å². The molecule has 0 saturated heterocycles. The average Bonchev–Trinajstić information content (AvgIpc) is 1.41. The van der Waals surface area contributed by atoms with E-state index in [9.17, 15) is 0 Å². The van der Waals surface area contributed by atoms with Crippen LogP contribution in [0.25, 0.3) is 276 Å². The van der Waals surface area contributed by atoms with Crippen LogP contribution in [0.1, 0.15) is 0 Å². The van der Waals surface area contributed by atoms with Crippen LogP contribution < -0.4 is 0 Å². The molecule has 0 atom stereocenters. The maximum absolute atomic E-state index is 6.65. The Labute approximate surface area is 761 Å². The van der Waals surface area contributed by atoms with Crippen molar-refractivity contribution < 1.29 is 13.3 Å². The van der Waals surface area contributed by atoms with Crippen LogP contribution in [0, 0.1) is 0 Å². The van der Waals surface area contributed by atoms with Crippen LogP contribution in [-0.4, -0.2) is 34.9 Å². The van der Waals surface area contributed by atoms with Crippen LogP contribution in [0.3, 0.4) is 0 Å². The minimum Gasteiger partial charge on any atom is -0.456 e. The summed E-state index contributed by atoms with van der Waals surface area (Å²) >= 11 is 0. The zero-order valence-corrected chi connectivity index (χ0v) is 71.5. The molecule has 0 N–H and O–H groups in total. The number of benzene rings is 22. The zero-order valence-electron chi connectivity index (χ0n) is 71.5. The van der Waals surface area contributed by atoms with Crippen molar-refractivity contribution in [1.82, 2.24) is 34.9 Å². The van der Waals surface area contributed by atoms with Gasteiger partial charge in [-0.15, -0.1) is 0 Å². The highest BCUT2D eigenvalue weighted by Gasteiger charge is 2.27. The number of nitrogens with zero attached hydrogens (tertiary/aromatic N) is 7. The number of rotatable bonds is 9. The van der Waals surface area contributed by atoms with E-state index in [1.165, 1.54) is 70.2 Å². The Kier molecular flexibility index (Phi) is 18.1. The quantitative estimate of drug-likeness (QED) is 0.129. The molecular weight excluding hydrogens is 1620 g/mol. The van der Waals surface area contributed by atoms with E-state index in [0.717, 1.165) is 182 Å². The zero-order chi connectivity index (χ0) is 87.6. The first-order valence-electron chi connectivity index (χ1n) is 44.8. The summed E-state index contributed by atoms with van der Waals surface area (Å²) < 4.78 is 19.7. The van der Waals surface area contributed by atoms with Gasteiger partial charge in [0, 0.05) is 87.2 Å². The van der Waals surface area contributed by atoms with Crippen molar-refractivity contribution in [3.63, 3.8) is 0 Å². The molecule has 0 unspecified atom stereocenters. The maximum atomic E-state index is 6.65. The molecule has 0 aliphatic heterocycles. The third-order valence-electron chi connectivity index (χ3n) is 26.2. The van der Waals surface area contributed by atoms with E-state index in [-0.39, 0.29) is 0 Å². The van der Waals surface area contributed by atoms with Gasteiger partial charge >= 0.3 is 0 Å². The van der Waals surface area contributed by atoms with E-state index < -0.39 is 0 Å². The summed E-state index contributed by atoms with van der Waals surface area (Å²) in [5.41, 5.74) is 21.8. The third-order valence-corrected chi connectivity index (χ3v) is 26.2. The van der Waals surface area contributed by atoms with E-state index in [4.69, 9.17) is 48.1 Å². The monoisotopic (exact) mass is 1700 g/mol. The van der Waals surface area contributed by atoms with Crippen LogP contribution in [-0.2, 0) is 0 Å². The van der Waals surface area contributed by atoms with Crippen molar-refractivity contribution >= 4 is 174 Å². The lowest BCUT2D eigenvalue weighted by Crippen LogP contribution is -2.00. The van der Waals surface area contributed by atoms with Gasteiger partial charge in [-0.1, -0.05) is 370 Å². The molecule has 6 aromatic heterocycles. The second kappa shape index (κ2) is 31.5. The predicted molar refractivity (Wildman–Crippen MR) is 550 cm³/mol. The van der Waals surface area contributed by atoms with Crippen LogP contribution in [0.4, 0.5) is 0 Å². The lowest BCUT2D eigenvalue weighted by atomic mass is 9.88. The Morgan fingerprint density at radius 1 is 0.143 bits per heavy atom. The van der Waals surface area contributed by atoms with Gasteiger partial charge in [0.1, 0.15) is 33.5 Å². The second-order valence-corrected chi connectivity index (χ2v) is 33.9. The molecule has 6 heterocycles. The Bertz CT molecular complexity index is 9570. The maximum Gasteiger partial charge on any atom is 0.164 e. The SMILES string of the molecule is c1ccc(-c2cccc(-c3nc(-c4cc5ccc6ccccc6c5c5c4oc4ccccc45)nc4ccccc34)c2)cc1.c1ccc(-c2nc(-c3ccccc3)nc(-c3ccc(-c4cc5oc6ccccc6c5c5c4ccc4ccccc45)c4ccccc34)n2)cc1.c1ccc2cc(-c3nc4ccccc4nc3-c3cc4oc5ccccc5c4c4c3ccc3ccccc34)ccc2c1. The van der Waals surface area contributed by atoms with Gasteiger partial charge in [0.05, 0.1) is 39.2 Å². The molecule has 0 amide bonds. The molecule has 618 valence electrons. The van der Waals surface area contributed by atoms with Crippen LogP contribution >= 0.6 is 0 Å². The van der Waals surface area contributed by atoms with Gasteiger partial charge in [-0.05, 0) is 165 Å². The molecule has 0 saturated carbocycles. The molecule has 10 nitrogen and oxygen atoms in total. The molecule has 28 rings (SSSR count). The summed E-state index contributed by atoms with van der Waals surface area (Å²) in [7, 11) is 0.